The summed E-state index contributed by atoms with van der Waals surface area (Å²) in [6.45, 7) is 5.99. The van der Waals surface area contributed by atoms with Crippen LogP contribution in [0.1, 0.15) is 18.2 Å². The lowest BCUT2D eigenvalue weighted by molar-refractivity contribution is 0.806. The highest BCUT2D eigenvalue weighted by atomic mass is 15.2. The van der Waals surface area contributed by atoms with Crippen molar-refractivity contribution in [2.45, 2.75) is 20.4 Å². The highest BCUT2D eigenvalue weighted by molar-refractivity contribution is 5.53. The van der Waals surface area contributed by atoms with Crippen molar-refractivity contribution in [2.24, 2.45) is 5.84 Å². The SMILES string of the molecule is CCN(Cc1cc(NN)ccn1)c1ccccc1C. The molecule has 0 radical (unpaired) electrons. The van der Waals surface area contributed by atoms with Gasteiger partial charge < -0.3 is 10.3 Å². The van der Waals surface area contributed by atoms with Gasteiger partial charge in [-0.05, 0) is 37.6 Å². The van der Waals surface area contributed by atoms with Gasteiger partial charge in [0.15, 0.2) is 0 Å². The van der Waals surface area contributed by atoms with Crippen LogP contribution in [-0.2, 0) is 6.54 Å². The van der Waals surface area contributed by atoms with Crippen LogP contribution in [0.2, 0.25) is 0 Å². The Hall–Kier alpha value is -2.07. The second-order valence-corrected chi connectivity index (χ2v) is 4.48. The maximum atomic E-state index is 5.43. The highest BCUT2D eigenvalue weighted by Crippen LogP contribution is 2.21. The zero-order chi connectivity index (χ0) is 13.7. The number of nitrogen functional groups attached to an aromatic ring is 1. The van der Waals surface area contributed by atoms with Crippen molar-refractivity contribution in [1.82, 2.24) is 4.98 Å². The van der Waals surface area contributed by atoms with E-state index in [1.165, 1.54) is 11.3 Å². The molecule has 0 fully saturated rings. The van der Waals surface area contributed by atoms with Crippen LogP contribution in [0, 0.1) is 6.92 Å². The van der Waals surface area contributed by atoms with E-state index in [9.17, 15) is 0 Å². The summed E-state index contributed by atoms with van der Waals surface area (Å²) in [6.07, 6.45) is 1.77. The Balaban J connectivity index is 2.21. The summed E-state index contributed by atoms with van der Waals surface area (Å²) in [5, 5.41) is 0. The van der Waals surface area contributed by atoms with Gasteiger partial charge >= 0.3 is 0 Å². The van der Waals surface area contributed by atoms with Gasteiger partial charge in [-0.2, -0.15) is 0 Å². The minimum atomic E-state index is 0.775. The summed E-state index contributed by atoms with van der Waals surface area (Å²) in [5.41, 5.74) is 7.06. The molecule has 2 rings (SSSR count). The molecule has 0 atom stereocenters. The molecule has 0 amide bonds. The molecule has 2 aromatic rings. The van der Waals surface area contributed by atoms with Crippen molar-refractivity contribution in [3.8, 4) is 0 Å². The normalized spacial score (nSPS) is 10.3. The Morgan fingerprint density at radius 3 is 2.74 bits per heavy atom. The Labute approximate surface area is 114 Å². The van der Waals surface area contributed by atoms with E-state index in [0.717, 1.165) is 24.5 Å². The molecule has 0 saturated carbocycles. The number of rotatable bonds is 5. The first-order chi connectivity index (χ1) is 9.24. The number of hydrogen-bond acceptors (Lipinski definition) is 4. The molecule has 0 bridgehead atoms. The van der Waals surface area contributed by atoms with E-state index in [-0.39, 0.29) is 0 Å². The molecular weight excluding hydrogens is 236 g/mol. The van der Waals surface area contributed by atoms with Crippen molar-refractivity contribution >= 4 is 11.4 Å². The second-order valence-electron chi connectivity index (χ2n) is 4.48. The molecular formula is C15H20N4. The van der Waals surface area contributed by atoms with Crippen LogP contribution in [0.4, 0.5) is 11.4 Å². The summed E-state index contributed by atoms with van der Waals surface area (Å²) in [6, 6.07) is 12.2. The third-order valence-electron chi connectivity index (χ3n) is 3.17. The van der Waals surface area contributed by atoms with Gasteiger partial charge in [-0.3, -0.25) is 10.8 Å². The first-order valence-electron chi connectivity index (χ1n) is 6.46. The molecule has 1 aromatic heterocycles. The summed E-state index contributed by atoms with van der Waals surface area (Å²) in [5.74, 6) is 5.43. The van der Waals surface area contributed by atoms with Gasteiger partial charge in [0.25, 0.3) is 0 Å². The standard InChI is InChI=1S/C15H20N4/c1-3-19(15-7-5-4-6-12(15)2)11-14-10-13(18-16)8-9-17-14/h4-10H,3,11,16H2,1-2H3,(H,17,18). The van der Waals surface area contributed by atoms with Gasteiger partial charge in [0.2, 0.25) is 0 Å². The Morgan fingerprint density at radius 2 is 2.05 bits per heavy atom. The lowest BCUT2D eigenvalue weighted by Gasteiger charge is -2.24. The Morgan fingerprint density at radius 1 is 1.26 bits per heavy atom. The molecule has 4 heteroatoms. The number of hydrogen-bond donors (Lipinski definition) is 2. The number of pyridine rings is 1. The lowest BCUT2D eigenvalue weighted by atomic mass is 10.1. The number of aromatic nitrogens is 1. The fourth-order valence-electron chi connectivity index (χ4n) is 2.14. The maximum Gasteiger partial charge on any atom is 0.0617 e. The van der Waals surface area contributed by atoms with Crippen LogP contribution in [0.3, 0.4) is 0 Å². The molecule has 0 unspecified atom stereocenters. The number of para-hydroxylation sites is 1. The van der Waals surface area contributed by atoms with E-state index in [4.69, 9.17) is 5.84 Å². The van der Waals surface area contributed by atoms with Crippen LogP contribution in [-0.4, -0.2) is 11.5 Å². The number of aryl methyl sites for hydroxylation is 1. The first kappa shape index (κ1) is 13.4. The number of anilines is 2. The third kappa shape index (κ3) is 3.23. The molecule has 1 aromatic carbocycles. The molecule has 4 nitrogen and oxygen atoms in total. The fraction of sp³-hybridized carbons (Fsp3) is 0.267. The summed E-state index contributed by atoms with van der Waals surface area (Å²) < 4.78 is 0. The van der Waals surface area contributed by atoms with Crippen molar-refractivity contribution in [2.75, 3.05) is 16.9 Å². The van der Waals surface area contributed by atoms with Gasteiger partial charge in [0, 0.05) is 18.4 Å². The predicted octanol–water partition coefficient (Wildman–Crippen LogP) is 2.70. The van der Waals surface area contributed by atoms with Crippen LogP contribution in [0.15, 0.2) is 42.6 Å². The minimum Gasteiger partial charge on any atom is -0.366 e. The molecule has 0 aliphatic carbocycles. The van der Waals surface area contributed by atoms with Gasteiger partial charge in [-0.15, -0.1) is 0 Å². The average molecular weight is 256 g/mol. The number of nitrogens with two attached hydrogens (primary N) is 1. The average Bonchev–Trinajstić information content (AvgIpc) is 2.46. The topological polar surface area (TPSA) is 54.2 Å². The van der Waals surface area contributed by atoms with Crippen LogP contribution in [0.25, 0.3) is 0 Å². The Bertz CT molecular complexity index is 539. The summed E-state index contributed by atoms with van der Waals surface area (Å²) in [7, 11) is 0. The van der Waals surface area contributed by atoms with E-state index in [2.05, 4.69) is 53.4 Å². The third-order valence-corrected chi connectivity index (χ3v) is 3.17. The van der Waals surface area contributed by atoms with E-state index >= 15 is 0 Å². The quantitative estimate of drug-likeness (QED) is 0.638. The zero-order valence-corrected chi connectivity index (χ0v) is 11.4. The van der Waals surface area contributed by atoms with Gasteiger partial charge in [-0.25, -0.2) is 0 Å². The van der Waals surface area contributed by atoms with Crippen LogP contribution in [0.5, 0.6) is 0 Å². The van der Waals surface area contributed by atoms with Crippen molar-refractivity contribution < 1.29 is 0 Å². The fourth-order valence-corrected chi connectivity index (χ4v) is 2.14. The predicted molar refractivity (Wildman–Crippen MR) is 80.0 cm³/mol. The smallest absolute Gasteiger partial charge is 0.0617 e. The molecule has 0 aliphatic rings. The van der Waals surface area contributed by atoms with Crippen molar-refractivity contribution in [3.63, 3.8) is 0 Å². The van der Waals surface area contributed by atoms with Gasteiger partial charge in [0.05, 0.1) is 17.9 Å². The molecule has 19 heavy (non-hydrogen) atoms. The van der Waals surface area contributed by atoms with E-state index in [1.54, 1.807) is 6.20 Å². The summed E-state index contributed by atoms with van der Waals surface area (Å²) in [4.78, 5) is 6.70. The molecule has 100 valence electrons. The largest absolute Gasteiger partial charge is 0.366 e. The monoisotopic (exact) mass is 256 g/mol. The van der Waals surface area contributed by atoms with Crippen LogP contribution >= 0.6 is 0 Å². The minimum absolute atomic E-state index is 0.775. The number of benzene rings is 1. The second kappa shape index (κ2) is 6.20. The Kier molecular flexibility index (Phi) is 4.36. The molecule has 0 aliphatic heterocycles. The van der Waals surface area contributed by atoms with E-state index < -0.39 is 0 Å². The number of hydrazine groups is 1. The zero-order valence-electron chi connectivity index (χ0n) is 11.4. The molecule has 1 heterocycles. The van der Waals surface area contributed by atoms with Crippen molar-refractivity contribution in [3.05, 3.63) is 53.9 Å². The van der Waals surface area contributed by atoms with E-state index in [1.807, 2.05) is 12.1 Å². The summed E-state index contributed by atoms with van der Waals surface area (Å²) >= 11 is 0. The van der Waals surface area contributed by atoms with Gasteiger partial charge in [0.1, 0.15) is 0 Å². The first-order valence-corrected chi connectivity index (χ1v) is 6.46. The maximum absolute atomic E-state index is 5.43. The number of nitrogens with one attached hydrogen (secondary N) is 1. The molecule has 0 saturated heterocycles. The molecule has 3 N–H and O–H groups in total. The van der Waals surface area contributed by atoms with Gasteiger partial charge in [-0.1, -0.05) is 18.2 Å². The lowest BCUT2D eigenvalue weighted by Crippen LogP contribution is -2.23. The number of nitrogens with zero attached hydrogens (tertiary/aromatic N) is 2. The van der Waals surface area contributed by atoms with E-state index in [0.29, 0.717) is 0 Å². The highest BCUT2D eigenvalue weighted by Gasteiger charge is 2.08. The molecule has 0 spiro atoms. The van der Waals surface area contributed by atoms with Crippen molar-refractivity contribution in [1.29, 1.82) is 0 Å². The van der Waals surface area contributed by atoms with Crippen LogP contribution < -0.4 is 16.2 Å².